The van der Waals surface area contributed by atoms with Gasteiger partial charge in [-0.1, -0.05) is 6.42 Å². The Bertz CT molecular complexity index is 518. The van der Waals surface area contributed by atoms with Gasteiger partial charge in [0.15, 0.2) is 0 Å². The maximum Gasteiger partial charge on any atom is 0.319 e. The molecule has 0 aliphatic heterocycles. The normalized spacial score (nSPS) is 30.0. The minimum absolute atomic E-state index is 0.131. The van der Waals surface area contributed by atoms with Gasteiger partial charge < -0.3 is 14.7 Å². The zero-order chi connectivity index (χ0) is 17.8. The maximum absolute atomic E-state index is 12.8. The largest absolute Gasteiger partial charge is 0.480 e. The lowest BCUT2D eigenvalue weighted by Crippen LogP contribution is -2.62. The summed E-state index contributed by atoms with van der Waals surface area (Å²) >= 11 is 0. The van der Waals surface area contributed by atoms with E-state index >= 15 is 0 Å². The smallest absolute Gasteiger partial charge is 0.319 e. The van der Waals surface area contributed by atoms with Crippen molar-refractivity contribution in [3.05, 3.63) is 0 Å². The third kappa shape index (κ3) is 3.07. The Morgan fingerprint density at radius 1 is 1.21 bits per heavy atom. The summed E-state index contributed by atoms with van der Waals surface area (Å²) in [7, 11) is 1.76. The highest BCUT2D eigenvalue weighted by atomic mass is 16.5. The van der Waals surface area contributed by atoms with Gasteiger partial charge in [-0.25, -0.2) is 0 Å². The lowest BCUT2D eigenvalue weighted by molar-refractivity contribution is -0.187. The van der Waals surface area contributed by atoms with Gasteiger partial charge in [-0.2, -0.15) is 0 Å². The standard InChI is InChI=1S/C19H31NO4/c1-17(2,3)24-14-8-13(9-14)10-20(4)15(21)19(16(22)23)11-18(12-19)6-5-7-18/h13-14H,5-12H2,1-4H3,(H,22,23). The van der Waals surface area contributed by atoms with Gasteiger partial charge in [-0.3, -0.25) is 9.59 Å². The Morgan fingerprint density at radius 3 is 2.21 bits per heavy atom. The van der Waals surface area contributed by atoms with Crippen LogP contribution in [0.2, 0.25) is 0 Å². The molecule has 3 aliphatic rings. The van der Waals surface area contributed by atoms with Gasteiger partial charge in [-0.05, 0) is 70.6 Å². The van der Waals surface area contributed by atoms with E-state index in [2.05, 4.69) is 20.8 Å². The van der Waals surface area contributed by atoms with Gasteiger partial charge in [-0.15, -0.1) is 0 Å². The molecule has 0 aromatic heterocycles. The van der Waals surface area contributed by atoms with Crippen molar-refractivity contribution in [2.75, 3.05) is 13.6 Å². The SMILES string of the molecule is CN(CC1CC(OC(C)(C)C)C1)C(=O)C1(C(=O)O)CC2(CCC2)C1. The van der Waals surface area contributed by atoms with E-state index in [4.69, 9.17) is 4.74 Å². The summed E-state index contributed by atoms with van der Waals surface area (Å²) in [6.45, 7) is 6.81. The number of aliphatic carboxylic acids is 1. The fraction of sp³-hybridized carbons (Fsp3) is 0.895. The highest BCUT2D eigenvalue weighted by molar-refractivity contribution is 6.03. The second kappa shape index (κ2) is 5.72. The second-order valence-corrected chi connectivity index (χ2v) is 9.47. The number of ether oxygens (including phenoxy) is 1. The highest BCUT2D eigenvalue weighted by Crippen LogP contribution is 2.65. The van der Waals surface area contributed by atoms with E-state index in [1.54, 1.807) is 11.9 Å². The number of amides is 1. The molecule has 0 bridgehead atoms. The molecule has 0 radical (unpaired) electrons. The van der Waals surface area contributed by atoms with Crippen molar-refractivity contribution in [3.8, 4) is 0 Å². The van der Waals surface area contributed by atoms with Crippen LogP contribution in [0.4, 0.5) is 0 Å². The van der Waals surface area contributed by atoms with Crippen molar-refractivity contribution in [3.63, 3.8) is 0 Å². The van der Waals surface area contributed by atoms with E-state index in [-0.39, 0.29) is 23.0 Å². The minimum Gasteiger partial charge on any atom is -0.480 e. The van der Waals surface area contributed by atoms with Crippen molar-refractivity contribution in [2.45, 2.75) is 77.4 Å². The zero-order valence-electron chi connectivity index (χ0n) is 15.4. The third-order valence-electron chi connectivity index (χ3n) is 6.18. The van der Waals surface area contributed by atoms with Gasteiger partial charge >= 0.3 is 5.97 Å². The van der Waals surface area contributed by atoms with E-state index in [0.29, 0.717) is 25.3 Å². The first-order chi connectivity index (χ1) is 11.1. The molecule has 0 unspecified atom stereocenters. The van der Waals surface area contributed by atoms with Crippen LogP contribution in [0, 0.1) is 16.7 Å². The lowest BCUT2D eigenvalue weighted by Gasteiger charge is -2.58. The molecular weight excluding hydrogens is 306 g/mol. The van der Waals surface area contributed by atoms with Crippen LogP contribution in [-0.2, 0) is 14.3 Å². The summed E-state index contributed by atoms with van der Waals surface area (Å²) < 4.78 is 5.94. The summed E-state index contributed by atoms with van der Waals surface area (Å²) in [4.78, 5) is 26.3. The molecule has 3 rings (SSSR count). The molecule has 0 aromatic carbocycles. The molecule has 0 atom stereocenters. The van der Waals surface area contributed by atoms with Crippen LogP contribution < -0.4 is 0 Å². The number of carbonyl (C=O) groups is 2. The number of carboxylic acid groups (broad SMARTS) is 1. The Labute approximate surface area is 144 Å². The number of nitrogens with zero attached hydrogens (tertiary/aromatic N) is 1. The van der Waals surface area contributed by atoms with Crippen LogP contribution in [0.5, 0.6) is 0 Å². The first-order valence-corrected chi connectivity index (χ1v) is 9.22. The van der Waals surface area contributed by atoms with Crippen molar-refractivity contribution in [1.82, 2.24) is 4.90 Å². The molecule has 0 saturated heterocycles. The molecule has 1 spiro atoms. The van der Waals surface area contributed by atoms with E-state index in [0.717, 1.165) is 25.7 Å². The van der Waals surface area contributed by atoms with Crippen LogP contribution in [-0.4, -0.2) is 47.2 Å². The number of carboxylic acids is 1. The Morgan fingerprint density at radius 2 is 1.79 bits per heavy atom. The summed E-state index contributed by atoms with van der Waals surface area (Å²) in [5.41, 5.74) is -1.12. The molecule has 0 heterocycles. The monoisotopic (exact) mass is 337 g/mol. The quantitative estimate of drug-likeness (QED) is 0.783. The molecule has 24 heavy (non-hydrogen) atoms. The average molecular weight is 337 g/mol. The number of hydrogen-bond acceptors (Lipinski definition) is 3. The molecule has 5 heteroatoms. The number of carbonyl (C=O) groups excluding carboxylic acids is 1. The fourth-order valence-electron chi connectivity index (χ4n) is 4.91. The average Bonchev–Trinajstić information content (AvgIpc) is 2.30. The zero-order valence-corrected chi connectivity index (χ0v) is 15.4. The van der Waals surface area contributed by atoms with E-state index in [1.165, 1.54) is 6.42 Å². The minimum atomic E-state index is -1.15. The van der Waals surface area contributed by atoms with Crippen LogP contribution in [0.15, 0.2) is 0 Å². The number of hydrogen-bond donors (Lipinski definition) is 1. The highest BCUT2D eigenvalue weighted by Gasteiger charge is 2.65. The third-order valence-corrected chi connectivity index (χ3v) is 6.18. The summed E-state index contributed by atoms with van der Waals surface area (Å²) in [6.07, 6.45) is 6.63. The molecule has 0 aromatic rings. The fourth-order valence-corrected chi connectivity index (χ4v) is 4.91. The van der Waals surface area contributed by atoms with Crippen LogP contribution >= 0.6 is 0 Å². The molecule has 3 fully saturated rings. The van der Waals surface area contributed by atoms with Crippen LogP contribution in [0.3, 0.4) is 0 Å². The van der Waals surface area contributed by atoms with Crippen molar-refractivity contribution in [1.29, 1.82) is 0 Å². The van der Waals surface area contributed by atoms with Gasteiger partial charge in [0.1, 0.15) is 5.41 Å². The van der Waals surface area contributed by atoms with Gasteiger partial charge in [0.05, 0.1) is 11.7 Å². The van der Waals surface area contributed by atoms with Crippen LogP contribution in [0.1, 0.15) is 65.7 Å². The van der Waals surface area contributed by atoms with Gasteiger partial charge in [0.2, 0.25) is 5.91 Å². The molecule has 3 aliphatic carbocycles. The predicted molar refractivity (Wildman–Crippen MR) is 90.6 cm³/mol. The predicted octanol–water partition coefficient (Wildman–Crippen LogP) is 3.07. The molecule has 1 amide bonds. The Hall–Kier alpha value is -1.10. The van der Waals surface area contributed by atoms with Crippen LogP contribution in [0.25, 0.3) is 0 Å². The van der Waals surface area contributed by atoms with E-state index in [1.807, 2.05) is 0 Å². The number of rotatable bonds is 5. The molecular formula is C19H31NO4. The molecule has 5 nitrogen and oxygen atoms in total. The maximum atomic E-state index is 12.8. The van der Waals surface area contributed by atoms with E-state index < -0.39 is 11.4 Å². The lowest BCUT2D eigenvalue weighted by atomic mass is 9.45. The first kappa shape index (κ1) is 17.7. The molecule has 3 saturated carbocycles. The van der Waals surface area contributed by atoms with Crippen molar-refractivity contribution < 1.29 is 19.4 Å². The van der Waals surface area contributed by atoms with Crippen molar-refractivity contribution >= 4 is 11.9 Å². The van der Waals surface area contributed by atoms with E-state index in [9.17, 15) is 14.7 Å². The first-order valence-electron chi connectivity index (χ1n) is 9.22. The summed E-state index contributed by atoms with van der Waals surface area (Å²) in [5.74, 6) is -0.693. The molecule has 1 N–H and O–H groups in total. The molecule has 136 valence electrons. The Balaban J connectivity index is 1.51. The second-order valence-electron chi connectivity index (χ2n) is 9.47. The summed E-state index contributed by atoms with van der Waals surface area (Å²) in [5, 5.41) is 9.66. The van der Waals surface area contributed by atoms with Crippen molar-refractivity contribution in [2.24, 2.45) is 16.7 Å². The van der Waals surface area contributed by atoms with Gasteiger partial charge in [0, 0.05) is 13.6 Å². The topological polar surface area (TPSA) is 66.8 Å². The Kier molecular flexibility index (Phi) is 4.22. The van der Waals surface area contributed by atoms with Gasteiger partial charge in [0.25, 0.3) is 0 Å². The summed E-state index contributed by atoms with van der Waals surface area (Å²) in [6, 6.07) is 0.